The Kier molecular flexibility index (Phi) is 10.6. The molecule has 7 heteroatoms. The third-order valence-corrected chi connectivity index (χ3v) is 5.95. The van der Waals surface area contributed by atoms with Gasteiger partial charge in [-0.05, 0) is 30.5 Å². The first-order valence-corrected chi connectivity index (χ1v) is 11.5. The smallest absolute Gasteiger partial charge is 0.223 e. The number of benzene rings is 2. The standard InChI is InChI=1S/C26H35FN4O.HI/c1-4-28-25(30-19-26(2,3)22-12-8-9-13-23(22)27)29-17-21-16-24(32)31(18-21)15-14-20-10-6-5-7-11-20;/h5-13,21H,4,14-19H2,1-3H3,(H2,28,29,30);1H. The zero-order valence-electron chi connectivity index (χ0n) is 19.8. The second kappa shape index (κ2) is 12.9. The molecule has 0 aliphatic carbocycles. The number of nitrogens with zero attached hydrogens (tertiary/aromatic N) is 2. The van der Waals surface area contributed by atoms with E-state index in [1.54, 1.807) is 6.07 Å². The first-order valence-electron chi connectivity index (χ1n) is 11.5. The molecular weight excluding hydrogens is 530 g/mol. The van der Waals surface area contributed by atoms with Crippen LogP contribution in [0.3, 0.4) is 0 Å². The van der Waals surface area contributed by atoms with Crippen molar-refractivity contribution < 1.29 is 9.18 Å². The van der Waals surface area contributed by atoms with Crippen LogP contribution in [0.4, 0.5) is 4.39 Å². The maximum atomic E-state index is 14.2. The first kappa shape index (κ1) is 27.1. The summed E-state index contributed by atoms with van der Waals surface area (Å²) in [7, 11) is 0. The molecule has 1 unspecified atom stereocenters. The molecule has 2 N–H and O–H groups in total. The van der Waals surface area contributed by atoms with E-state index in [0.717, 1.165) is 26.1 Å². The minimum absolute atomic E-state index is 0. The molecule has 1 aliphatic rings. The number of hydrogen-bond acceptors (Lipinski definition) is 2. The fourth-order valence-electron chi connectivity index (χ4n) is 4.07. The summed E-state index contributed by atoms with van der Waals surface area (Å²) in [6.07, 6.45) is 1.43. The molecule has 2 aromatic rings. The Balaban J connectivity index is 0.00000385. The molecular formula is C26H36FIN4O. The van der Waals surface area contributed by atoms with E-state index in [2.05, 4.69) is 22.8 Å². The lowest BCUT2D eigenvalue weighted by Crippen LogP contribution is -2.41. The molecule has 3 rings (SSSR count). The average molecular weight is 567 g/mol. The normalized spacial score (nSPS) is 16.5. The number of nitrogens with one attached hydrogen (secondary N) is 2. The van der Waals surface area contributed by atoms with Crippen molar-refractivity contribution in [2.45, 2.75) is 39.0 Å². The van der Waals surface area contributed by atoms with Gasteiger partial charge in [-0.1, -0.05) is 62.4 Å². The van der Waals surface area contributed by atoms with Crippen LogP contribution in [0.15, 0.2) is 59.6 Å². The monoisotopic (exact) mass is 566 g/mol. The topological polar surface area (TPSA) is 56.7 Å². The third kappa shape index (κ3) is 7.98. The summed E-state index contributed by atoms with van der Waals surface area (Å²) in [5.41, 5.74) is 1.49. The Morgan fingerprint density at radius 1 is 1.12 bits per heavy atom. The molecule has 0 aromatic heterocycles. The van der Waals surface area contributed by atoms with E-state index in [0.29, 0.717) is 31.0 Å². The number of likely N-dealkylation sites (tertiary alicyclic amines) is 1. The van der Waals surface area contributed by atoms with Gasteiger partial charge in [0.15, 0.2) is 5.96 Å². The van der Waals surface area contributed by atoms with Crippen molar-refractivity contribution in [3.8, 4) is 0 Å². The van der Waals surface area contributed by atoms with Gasteiger partial charge in [0.25, 0.3) is 0 Å². The fourth-order valence-corrected chi connectivity index (χ4v) is 4.07. The lowest BCUT2D eigenvalue weighted by Gasteiger charge is -2.24. The highest BCUT2D eigenvalue weighted by molar-refractivity contribution is 14.0. The molecule has 1 fully saturated rings. The van der Waals surface area contributed by atoms with Gasteiger partial charge in [-0.2, -0.15) is 0 Å². The minimum atomic E-state index is -0.425. The summed E-state index contributed by atoms with van der Waals surface area (Å²) in [5.74, 6) is 0.967. The predicted octanol–water partition coefficient (Wildman–Crippen LogP) is 4.37. The van der Waals surface area contributed by atoms with E-state index in [1.165, 1.54) is 11.6 Å². The van der Waals surface area contributed by atoms with Gasteiger partial charge in [0.1, 0.15) is 5.82 Å². The molecule has 1 atom stereocenters. The van der Waals surface area contributed by atoms with Gasteiger partial charge in [0.05, 0.1) is 6.54 Å². The van der Waals surface area contributed by atoms with Gasteiger partial charge in [-0.25, -0.2) is 4.39 Å². The van der Waals surface area contributed by atoms with E-state index in [9.17, 15) is 9.18 Å². The Bertz CT molecular complexity index is 920. The van der Waals surface area contributed by atoms with Crippen LogP contribution in [0.5, 0.6) is 0 Å². The van der Waals surface area contributed by atoms with E-state index in [4.69, 9.17) is 4.99 Å². The van der Waals surface area contributed by atoms with Crippen LogP contribution in [-0.4, -0.2) is 49.5 Å². The zero-order chi connectivity index (χ0) is 23.0. The van der Waals surface area contributed by atoms with Crippen molar-refractivity contribution in [3.05, 3.63) is 71.5 Å². The van der Waals surface area contributed by atoms with Crippen LogP contribution in [0.25, 0.3) is 0 Å². The zero-order valence-corrected chi connectivity index (χ0v) is 22.1. The summed E-state index contributed by atoms with van der Waals surface area (Å²) in [5, 5.41) is 6.64. The van der Waals surface area contributed by atoms with Gasteiger partial charge in [0, 0.05) is 43.9 Å². The molecule has 1 heterocycles. The van der Waals surface area contributed by atoms with Crippen LogP contribution >= 0.6 is 24.0 Å². The molecule has 0 spiro atoms. The van der Waals surface area contributed by atoms with E-state index in [-0.39, 0.29) is 41.6 Å². The number of aliphatic imine (C=N–C) groups is 1. The molecule has 0 saturated carbocycles. The number of carbonyl (C=O) groups excluding carboxylic acids is 1. The molecule has 0 radical (unpaired) electrons. The molecule has 1 aliphatic heterocycles. The fraction of sp³-hybridized carbons (Fsp3) is 0.462. The number of halogens is 2. The van der Waals surface area contributed by atoms with Gasteiger partial charge < -0.3 is 15.5 Å². The van der Waals surface area contributed by atoms with Crippen molar-refractivity contribution in [1.29, 1.82) is 0 Å². The summed E-state index contributed by atoms with van der Waals surface area (Å²) in [6, 6.07) is 17.1. The van der Waals surface area contributed by atoms with Crippen molar-refractivity contribution >= 4 is 35.8 Å². The summed E-state index contributed by atoms with van der Waals surface area (Å²) in [4.78, 5) is 19.1. The number of hydrogen-bond donors (Lipinski definition) is 2. The van der Waals surface area contributed by atoms with Gasteiger partial charge in [-0.3, -0.25) is 9.79 Å². The summed E-state index contributed by atoms with van der Waals surface area (Å²) >= 11 is 0. The first-order chi connectivity index (χ1) is 15.4. The number of rotatable bonds is 9. The lowest BCUT2D eigenvalue weighted by molar-refractivity contribution is -0.127. The Hall–Kier alpha value is -2.16. The summed E-state index contributed by atoms with van der Waals surface area (Å²) < 4.78 is 14.2. The summed E-state index contributed by atoms with van der Waals surface area (Å²) in [6.45, 7) is 9.40. The maximum absolute atomic E-state index is 14.2. The third-order valence-electron chi connectivity index (χ3n) is 5.95. The highest BCUT2D eigenvalue weighted by atomic mass is 127. The van der Waals surface area contributed by atoms with Crippen molar-refractivity contribution in [2.75, 3.05) is 32.7 Å². The number of amides is 1. The van der Waals surface area contributed by atoms with Gasteiger partial charge >= 0.3 is 0 Å². The minimum Gasteiger partial charge on any atom is -0.357 e. The van der Waals surface area contributed by atoms with Gasteiger partial charge in [-0.15, -0.1) is 24.0 Å². The SMILES string of the molecule is CCNC(=NCC(C)(C)c1ccccc1F)NCC1CC(=O)N(CCc2ccccc2)C1.I. The second-order valence-corrected chi connectivity index (χ2v) is 9.09. The van der Waals surface area contributed by atoms with Crippen LogP contribution in [0, 0.1) is 11.7 Å². The largest absolute Gasteiger partial charge is 0.357 e. The molecule has 2 aromatic carbocycles. The molecule has 180 valence electrons. The molecule has 0 bridgehead atoms. The number of guanidine groups is 1. The molecule has 5 nitrogen and oxygen atoms in total. The molecule has 33 heavy (non-hydrogen) atoms. The highest BCUT2D eigenvalue weighted by Crippen LogP contribution is 2.26. The maximum Gasteiger partial charge on any atom is 0.223 e. The van der Waals surface area contributed by atoms with Crippen molar-refractivity contribution in [3.63, 3.8) is 0 Å². The second-order valence-electron chi connectivity index (χ2n) is 9.09. The highest BCUT2D eigenvalue weighted by Gasteiger charge is 2.29. The average Bonchev–Trinajstić information content (AvgIpc) is 3.14. The van der Waals surface area contributed by atoms with Gasteiger partial charge in [0.2, 0.25) is 5.91 Å². The molecule has 1 amide bonds. The van der Waals surface area contributed by atoms with E-state index in [1.807, 2.05) is 56.0 Å². The quantitative estimate of drug-likeness (QED) is 0.270. The number of carbonyl (C=O) groups is 1. The van der Waals surface area contributed by atoms with Crippen LogP contribution in [-0.2, 0) is 16.6 Å². The van der Waals surface area contributed by atoms with E-state index >= 15 is 0 Å². The Labute approximate surface area is 214 Å². The molecule has 1 saturated heterocycles. The van der Waals surface area contributed by atoms with Crippen LogP contribution in [0.1, 0.15) is 38.3 Å². The van der Waals surface area contributed by atoms with Crippen molar-refractivity contribution in [1.82, 2.24) is 15.5 Å². The predicted molar refractivity (Wildman–Crippen MR) is 144 cm³/mol. The Morgan fingerprint density at radius 3 is 2.52 bits per heavy atom. The lowest BCUT2D eigenvalue weighted by atomic mass is 9.84. The van der Waals surface area contributed by atoms with Crippen LogP contribution < -0.4 is 10.6 Å². The van der Waals surface area contributed by atoms with Crippen LogP contribution in [0.2, 0.25) is 0 Å². The van der Waals surface area contributed by atoms with Crippen molar-refractivity contribution in [2.24, 2.45) is 10.9 Å². The van der Waals surface area contributed by atoms with E-state index < -0.39 is 5.41 Å². The Morgan fingerprint density at radius 2 is 1.82 bits per heavy atom.